The third kappa shape index (κ3) is 3.46. The molecule has 0 atom stereocenters. The molecule has 1 aliphatic rings. The average molecular weight is 421 g/mol. The minimum atomic E-state index is -0.0628. The Bertz CT molecular complexity index is 988. The minimum absolute atomic E-state index is 0.0628. The first-order chi connectivity index (χ1) is 13.1. The average Bonchev–Trinajstić information content (AvgIpc) is 3.19. The Kier molecular flexibility index (Phi) is 4.92. The van der Waals surface area contributed by atoms with Crippen molar-refractivity contribution in [3.63, 3.8) is 0 Å². The number of ether oxygens (including phenoxy) is 1. The molecule has 0 unspecified atom stereocenters. The van der Waals surface area contributed by atoms with Gasteiger partial charge in [-0.1, -0.05) is 23.2 Å². The van der Waals surface area contributed by atoms with Gasteiger partial charge in [0.05, 0.1) is 15.7 Å². The molecule has 6 nitrogen and oxygen atoms in total. The molecular formula is C18H14Cl2N4O2S. The van der Waals surface area contributed by atoms with Gasteiger partial charge in [-0.05, 0) is 42.3 Å². The number of nitrogens with zero attached hydrogens (tertiary/aromatic N) is 2. The van der Waals surface area contributed by atoms with Gasteiger partial charge in [-0.15, -0.1) is 11.3 Å². The van der Waals surface area contributed by atoms with Crippen LogP contribution in [0, 0.1) is 0 Å². The lowest BCUT2D eigenvalue weighted by molar-refractivity contribution is 0.0980. The number of carbonyl (C=O) groups is 1. The van der Waals surface area contributed by atoms with Gasteiger partial charge in [0, 0.05) is 23.7 Å². The molecule has 2 heterocycles. The molecule has 0 bridgehead atoms. The van der Waals surface area contributed by atoms with Gasteiger partial charge in [-0.3, -0.25) is 15.5 Å². The second kappa shape index (κ2) is 7.36. The van der Waals surface area contributed by atoms with Crippen molar-refractivity contribution in [1.82, 2.24) is 4.98 Å². The summed E-state index contributed by atoms with van der Waals surface area (Å²) in [6.07, 6.45) is 2.40. The van der Waals surface area contributed by atoms with Crippen LogP contribution in [0.4, 0.5) is 10.8 Å². The molecule has 4 rings (SSSR count). The number of carbonyl (C=O) groups excluding carboxylic acids is 1. The number of nitrogens with one attached hydrogen (secondary N) is 1. The van der Waals surface area contributed by atoms with E-state index in [9.17, 15) is 4.79 Å². The Morgan fingerprint density at radius 2 is 2.00 bits per heavy atom. The first kappa shape index (κ1) is 18.1. The molecule has 0 fully saturated rings. The number of anilines is 2. The van der Waals surface area contributed by atoms with E-state index < -0.39 is 0 Å². The van der Waals surface area contributed by atoms with Crippen LogP contribution in [-0.2, 0) is 6.42 Å². The van der Waals surface area contributed by atoms with Gasteiger partial charge >= 0.3 is 0 Å². The molecule has 3 aromatic rings. The first-order valence-corrected chi connectivity index (χ1v) is 9.68. The third-order valence-corrected chi connectivity index (χ3v) is 5.55. The maximum atomic E-state index is 12.8. The van der Waals surface area contributed by atoms with Gasteiger partial charge < -0.3 is 10.2 Å². The monoisotopic (exact) mass is 420 g/mol. The molecule has 138 valence electrons. The van der Waals surface area contributed by atoms with Gasteiger partial charge in [0.15, 0.2) is 10.9 Å². The topological polar surface area (TPSA) is 80.5 Å². The largest absolute Gasteiger partial charge is 0.454 e. The van der Waals surface area contributed by atoms with Crippen LogP contribution in [0.5, 0.6) is 11.5 Å². The number of hydrazine groups is 1. The SMILES string of the molecule is NNc1cc(Cl)c(Oc2ccc3c(c2)CCN(c2nccs2)C3=O)c(Cl)c1. The van der Waals surface area contributed by atoms with E-state index in [1.807, 2.05) is 11.4 Å². The summed E-state index contributed by atoms with van der Waals surface area (Å²) in [4.78, 5) is 18.7. The maximum absolute atomic E-state index is 12.8. The number of halogens is 2. The summed E-state index contributed by atoms with van der Waals surface area (Å²) in [5.74, 6) is 6.21. The normalized spacial score (nSPS) is 13.4. The van der Waals surface area contributed by atoms with Crippen LogP contribution in [0.25, 0.3) is 0 Å². The van der Waals surface area contributed by atoms with E-state index in [1.54, 1.807) is 35.4 Å². The number of aromatic nitrogens is 1. The fraction of sp³-hybridized carbons (Fsp3) is 0.111. The fourth-order valence-corrected chi connectivity index (χ4v) is 4.15. The van der Waals surface area contributed by atoms with E-state index in [-0.39, 0.29) is 5.91 Å². The van der Waals surface area contributed by atoms with Crippen molar-refractivity contribution in [1.29, 1.82) is 0 Å². The number of hydrogen-bond donors (Lipinski definition) is 2. The number of thiazole rings is 1. The van der Waals surface area contributed by atoms with Gasteiger partial charge in [0.1, 0.15) is 5.75 Å². The first-order valence-electron chi connectivity index (χ1n) is 8.04. The molecule has 9 heteroatoms. The Morgan fingerprint density at radius 1 is 1.22 bits per heavy atom. The number of fused-ring (bicyclic) bond motifs is 1. The van der Waals surface area contributed by atoms with Crippen molar-refractivity contribution < 1.29 is 9.53 Å². The van der Waals surface area contributed by atoms with Crippen LogP contribution >= 0.6 is 34.5 Å². The lowest BCUT2D eigenvalue weighted by Crippen LogP contribution is -2.37. The van der Waals surface area contributed by atoms with Gasteiger partial charge in [0.25, 0.3) is 5.91 Å². The summed E-state index contributed by atoms with van der Waals surface area (Å²) >= 11 is 13.9. The van der Waals surface area contributed by atoms with E-state index in [0.29, 0.717) is 50.9 Å². The highest BCUT2D eigenvalue weighted by atomic mass is 35.5. The number of nitrogens with two attached hydrogens (primary N) is 1. The lowest BCUT2D eigenvalue weighted by Gasteiger charge is -2.26. The Labute approximate surface area is 169 Å². The Hall–Kier alpha value is -2.32. The number of rotatable bonds is 4. The minimum Gasteiger partial charge on any atom is -0.454 e. The number of amides is 1. The van der Waals surface area contributed by atoms with Crippen LogP contribution in [-0.4, -0.2) is 17.4 Å². The maximum Gasteiger partial charge on any atom is 0.260 e. The fourth-order valence-electron chi connectivity index (χ4n) is 2.92. The van der Waals surface area contributed by atoms with Crippen LogP contribution in [0.3, 0.4) is 0 Å². The number of hydrogen-bond acceptors (Lipinski definition) is 6. The second-order valence-corrected chi connectivity index (χ2v) is 7.54. The molecule has 0 spiro atoms. The zero-order valence-corrected chi connectivity index (χ0v) is 16.2. The molecule has 0 saturated heterocycles. The molecule has 0 radical (unpaired) electrons. The van der Waals surface area contributed by atoms with Crippen molar-refractivity contribution in [3.8, 4) is 11.5 Å². The van der Waals surface area contributed by atoms with E-state index in [0.717, 1.165) is 5.56 Å². The summed E-state index contributed by atoms with van der Waals surface area (Å²) < 4.78 is 5.87. The number of nitrogen functional groups attached to an aromatic ring is 1. The molecule has 1 aliphatic heterocycles. The zero-order chi connectivity index (χ0) is 19.0. The summed E-state index contributed by atoms with van der Waals surface area (Å²) in [5.41, 5.74) is 4.63. The van der Waals surface area contributed by atoms with Crippen LogP contribution < -0.4 is 20.9 Å². The van der Waals surface area contributed by atoms with Gasteiger partial charge in [-0.25, -0.2) is 4.98 Å². The van der Waals surface area contributed by atoms with E-state index in [4.69, 9.17) is 33.8 Å². The van der Waals surface area contributed by atoms with Crippen molar-refractivity contribution in [2.75, 3.05) is 16.9 Å². The van der Waals surface area contributed by atoms with Gasteiger partial charge in [0.2, 0.25) is 0 Å². The van der Waals surface area contributed by atoms with Crippen LogP contribution in [0.15, 0.2) is 41.9 Å². The smallest absolute Gasteiger partial charge is 0.260 e. The van der Waals surface area contributed by atoms with Crippen molar-refractivity contribution >= 4 is 51.3 Å². The standard InChI is InChI=1S/C18H14Cl2N4O2S/c19-14-8-11(23-21)9-15(20)16(14)26-12-1-2-13-10(7-12)3-5-24(17(13)25)18-22-4-6-27-18/h1-2,4,6-9,23H,3,5,21H2. The predicted molar refractivity (Wildman–Crippen MR) is 108 cm³/mol. The van der Waals surface area contributed by atoms with E-state index in [2.05, 4.69) is 10.4 Å². The lowest BCUT2D eigenvalue weighted by atomic mass is 9.99. The summed E-state index contributed by atoms with van der Waals surface area (Å²) in [7, 11) is 0. The molecule has 2 aromatic carbocycles. The quantitative estimate of drug-likeness (QED) is 0.470. The Morgan fingerprint density at radius 3 is 2.67 bits per heavy atom. The molecule has 27 heavy (non-hydrogen) atoms. The molecule has 0 saturated carbocycles. The molecule has 1 aromatic heterocycles. The molecule has 0 aliphatic carbocycles. The summed E-state index contributed by atoms with van der Waals surface area (Å²) in [6.45, 7) is 0.571. The molecule has 3 N–H and O–H groups in total. The zero-order valence-electron chi connectivity index (χ0n) is 13.9. The highest BCUT2D eigenvalue weighted by molar-refractivity contribution is 7.13. The Balaban J connectivity index is 1.61. The van der Waals surface area contributed by atoms with Gasteiger partial charge in [-0.2, -0.15) is 0 Å². The van der Waals surface area contributed by atoms with Crippen LogP contribution in [0.1, 0.15) is 15.9 Å². The van der Waals surface area contributed by atoms with Crippen molar-refractivity contribution in [2.24, 2.45) is 5.84 Å². The molecular weight excluding hydrogens is 407 g/mol. The van der Waals surface area contributed by atoms with E-state index in [1.165, 1.54) is 11.3 Å². The van der Waals surface area contributed by atoms with Crippen molar-refractivity contribution in [3.05, 3.63) is 63.1 Å². The molecule has 1 amide bonds. The predicted octanol–water partition coefficient (Wildman–Crippen LogP) is 4.73. The highest BCUT2D eigenvalue weighted by Crippen LogP contribution is 2.39. The summed E-state index contributed by atoms with van der Waals surface area (Å²) in [6, 6.07) is 8.57. The summed E-state index contributed by atoms with van der Waals surface area (Å²) in [5, 5.41) is 3.23. The van der Waals surface area contributed by atoms with Crippen LogP contribution in [0.2, 0.25) is 10.0 Å². The van der Waals surface area contributed by atoms with E-state index >= 15 is 0 Å². The number of benzene rings is 2. The van der Waals surface area contributed by atoms with Crippen molar-refractivity contribution in [2.45, 2.75) is 6.42 Å². The third-order valence-electron chi connectivity index (χ3n) is 4.19. The highest BCUT2D eigenvalue weighted by Gasteiger charge is 2.27. The second-order valence-electron chi connectivity index (χ2n) is 5.86.